The van der Waals surface area contributed by atoms with Gasteiger partial charge in [-0.2, -0.15) is 0 Å². The molecule has 1 aromatic carbocycles. The van der Waals surface area contributed by atoms with Gasteiger partial charge in [-0.15, -0.1) is 18.8 Å². The zero-order chi connectivity index (χ0) is 14.5. The van der Waals surface area contributed by atoms with Gasteiger partial charge in [-0.25, -0.2) is 4.79 Å². The first kappa shape index (κ1) is 17.4. The monoisotopic (exact) mass is 308 g/mol. The second-order valence-electron chi connectivity index (χ2n) is 4.92. The second-order valence-corrected chi connectivity index (χ2v) is 4.92. The van der Waals surface area contributed by atoms with Crippen LogP contribution in [-0.2, 0) is 6.42 Å². The topological polar surface area (TPSA) is 41.6 Å². The molecule has 0 unspecified atom stereocenters. The van der Waals surface area contributed by atoms with Crippen molar-refractivity contribution in [1.29, 1.82) is 0 Å². The van der Waals surface area contributed by atoms with Crippen molar-refractivity contribution in [3.8, 4) is 18.1 Å². The Labute approximate surface area is 132 Å². The molecule has 1 aliphatic carbocycles. The van der Waals surface area contributed by atoms with Gasteiger partial charge in [0.15, 0.2) is 0 Å². The van der Waals surface area contributed by atoms with Crippen molar-refractivity contribution in [2.75, 3.05) is 20.1 Å². The van der Waals surface area contributed by atoms with Crippen LogP contribution < -0.4 is 10.1 Å². The van der Waals surface area contributed by atoms with Crippen LogP contribution in [0, 0.1) is 12.3 Å². The first-order chi connectivity index (χ1) is 9.65. The lowest BCUT2D eigenvalue weighted by Crippen LogP contribution is -2.29. The molecule has 2 rings (SSSR count). The number of aryl methyl sites for hydroxylation is 1. The molecule has 1 atom stereocenters. The molecular weight excluding hydrogens is 288 g/mol. The van der Waals surface area contributed by atoms with Crippen molar-refractivity contribution >= 4 is 18.5 Å². The quantitative estimate of drug-likeness (QED) is 0.870. The largest absolute Gasteiger partial charge is 0.414 e. The van der Waals surface area contributed by atoms with Crippen LogP contribution in [0.3, 0.4) is 0 Å². The summed E-state index contributed by atoms with van der Waals surface area (Å²) in [6, 6.07) is 6.08. The van der Waals surface area contributed by atoms with E-state index in [0.717, 1.165) is 12.8 Å². The summed E-state index contributed by atoms with van der Waals surface area (Å²) in [5.74, 6) is 3.18. The number of rotatable bonds is 4. The van der Waals surface area contributed by atoms with Gasteiger partial charge in [0.2, 0.25) is 0 Å². The third kappa shape index (κ3) is 4.13. The van der Waals surface area contributed by atoms with E-state index in [1.807, 2.05) is 25.1 Å². The van der Waals surface area contributed by atoms with Crippen molar-refractivity contribution in [2.24, 2.45) is 0 Å². The first-order valence-electron chi connectivity index (χ1n) is 6.88. The summed E-state index contributed by atoms with van der Waals surface area (Å²) in [7, 11) is 1.72. The number of carbonyl (C=O) groups is 1. The van der Waals surface area contributed by atoms with E-state index in [-0.39, 0.29) is 24.5 Å². The lowest BCUT2D eigenvalue weighted by atomic mass is 10.1. The maximum Gasteiger partial charge on any atom is 0.414 e. The summed E-state index contributed by atoms with van der Waals surface area (Å²) in [5.41, 5.74) is 2.48. The van der Waals surface area contributed by atoms with E-state index < -0.39 is 0 Å². The Balaban J connectivity index is 0.00000220. The van der Waals surface area contributed by atoms with Crippen LogP contribution in [0.4, 0.5) is 4.79 Å². The van der Waals surface area contributed by atoms with Crippen molar-refractivity contribution in [2.45, 2.75) is 25.8 Å². The fraction of sp³-hybridized carbons (Fsp3) is 0.438. The molecule has 0 heterocycles. The molecule has 1 aromatic rings. The van der Waals surface area contributed by atoms with E-state index in [1.54, 1.807) is 7.05 Å². The Kier molecular flexibility index (Phi) is 6.54. The zero-order valence-corrected chi connectivity index (χ0v) is 13.2. The Morgan fingerprint density at radius 3 is 3.00 bits per heavy atom. The molecule has 0 fully saturated rings. The van der Waals surface area contributed by atoms with Gasteiger partial charge in [-0.1, -0.05) is 12.0 Å². The Hall–Kier alpha value is -1.70. The molecule has 1 N–H and O–H groups in total. The van der Waals surface area contributed by atoms with Crippen LogP contribution >= 0.6 is 12.4 Å². The Bertz CT molecular complexity index is 540. The van der Waals surface area contributed by atoms with Gasteiger partial charge in [-0.05, 0) is 43.0 Å². The van der Waals surface area contributed by atoms with Gasteiger partial charge in [0.05, 0.1) is 6.54 Å². The van der Waals surface area contributed by atoms with E-state index in [0.29, 0.717) is 18.8 Å². The fourth-order valence-electron chi connectivity index (χ4n) is 2.35. The van der Waals surface area contributed by atoms with Crippen LogP contribution in [0.15, 0.2) is 18.2 Å². The molecular formula is C16H21ClN2O2. The molecule has 0 aliphatic heterocycles. The lowest BCUT2D eigenvalue weighted by Gasteiger charge is -2.16. The van der Waals surface area contributed by atoms with Crippen molar-refractivity contribution in [1.82, 2.24) is 10.2 Å². The number of benzene rings is 1. The number of ether oxygens (including phenoxy) is 1. The highest BCUT2D eigenvalue weighted by atomic mass is 35.5. The van der Waals surface area contributed by atoms with Crippen LogP contribution in [0.5, 0.6) is 5.75 Å². The summed E-state index contributed by atoms with van der Waals surface area (Å²) in [6.07, 6.45) is 7.01. The highest BCUT2D eigenvalue weighted by Gasteiger charge is 2.22. The molecule has 0 bridgehead atoms. The van der Waals surface area contributed by atoms with Crippen molar-refractivity contribution in [3.05, 3.63) is 29.3 Å². The van der Waals surface area contributed by atoms with E-state index in [1.165, 1.54) is 16.0 Å². The molecule has 1 amide bonds. The van der Waals surface area contributed by atoms with Gasteiger partial charge in [0.25, 0.3) is 0 Å². The third-order valence-corrected chi connectivity index (χ3v) is 3.64. The number of hydrogen-bond donors (Lipinski definition) is 1. The SMILES string of the molecule is C#CCN[C@@H]1CCc2ccc(OC(=O)N(C)CC)cc21.Cl. The van der Waals surface area contributed by atoms with Gasteiger partial charge >= 0.3 is 6.09 Å². The van der Waals surface area contributed by atoms with Gasteiger partial charge in [0, 0.05) is 19.6 Å². The van der Waals surface area contributed by atoms with Crippen LogP contribution in [0.1, 0.15) is 30.5 Å². The van der Waals surface area contributed by atoms with Gasteiger partial charge in [-0.3, -0.25) is 5.32 Å². The van der Waals surface area contributed by atoms with E-state index in [4.69, 9.17) is 11.2 Å². The highest BCUT2D eigenvalue weighted by Crippen LogP contribution is 2.33. The molecule has 0 spiro atoms. The summed E-state index contributed by atoms with van der Waals surface area (Å²) in [4.78, 5) is 13.3. The summed E-state index contributed by atoms with van der Waals surface area (Å²) in [5, 5.41) is 3.31. The lowest BCUT2D eigenvalue weighted by molar-refractivity contribution is 0.165. The average Bonchev–Trinajstić information content (AvgIpc) is 2.86. The zero-order valence-electron chi connectivity index (χ0n) is 12.4. The van der Waals surface area contributed by atoms with E-state index >= 15 is 0 Å². The number of nitrogens with zero attached hydrogens (tertiary/aromatic N) is 1. The summed E-state index contributed by atoms with van der Waals surface area (Å²) < 4.78 is 5.36. The minimum Gasteiger partial charge on any atom is -0.410 e. The summed E-state index contributed by atoms with van der Waals surface area (Å²) in [6.45, 7) is 3.08. The van der Waals surface area contributed by atoms with E-state index in [9.17, 15) is 4.79 Å². The number of hydrogen-bond acceptors (Lipinski definition) is 3. The maximum absolute atomic E-state index is 11.8. The normalized spacial score (nSPS) is 15.6. The molecule has 114 valence electrons. The molecule has 4 nitrogen and oxygen atoms in total. The first-order valence-corrected chi connectivity index (χ1v) is 6.88. The minimum absolute atomic E-state index is 0. The molecule has 0 saturated heterocycles. The standard InChI is InChI=1S/C16H20N2O2.ClH/c1-4-10-17-15-9-7-12-6-8-13(11-14(12)15)20-16(19)18(3)5-2;/h1,6,8,11,15,17H,5,7,9-10H2,2-3H3;1H/t15-;/m1./s1. The molecule has 5 heteroatoms. The number of fused-ring (bicyclic) bond motifs is 1. The molecule has 0 saturated carbocycles. The number of nitrogens with one attached hydrogen (secondary N) is 1. The number of terminal acetylenes is 1. The summed E-state index contributed by atoms with van der Waals surface area (Å²) >= 11 is 0. The fourth-order valence-corrected chi connectivity index (χ4v) is 2.35. The number of amides is 1. The molecule has 1 aliphatic rings. The second kappa shape index (κ2) is 7.92. The Morgan fingerprint density at radius 1 is 1.57 bits per heavy atom. The van der Waals surface area contributed by atoms with Gasteiger partial charge in [0.1, 0.15) is 5.75 Å². The molecule has 21 heavy (non-hydrogen) atoms. The van der Waals surface area contributed by atoms with Crippen LogP contribution in [0.2, 0.25) is 0 Å². The maximum atomic E-state index is 11.8. The Morgan fingerprint density at radius 2 is 2.33 bits per heavy atom. The van der Waals surface area contributed by atoms with Crippen molar-refractivity contribution in [3.63, 3.8) is 0 Å². The third-order valence-electron chi connectivity index (χ3n) is 3.64. The van der Waals surface area contributed by atoms with E-state index in [2.05, 4.69) is 11.2 Å². The average molecular weight is 309 g/mol. The number of halogens is 1. The van der Waals surface area contributed by atoms with Crippen LogP contribution in [-0.4, -0.2) is 31.1 Å². The highest BCUT2D eigenvalue weighted by molar-refractivity contribution is 5.85. The van der Waals surface area contributed by atoms with Crippen molar-refractivity contribution < 1.29 is 9.53 Å². The number of carbonyl (C=O) groups excluding carboxylic acids is 1. The minimum atomic E-state index is -0.335. The smallest absolute Gasteiger partial charge is 0.410 e. The molecule has 0 radical (unpaired) electrons. The predicted molar refractivity (Wildman–Crippen MR) is 85.9 cm³/mol. The molecule has 0 aromatic heterocycles. The van der Waals surface area contributed by atoms with Crippen LogP contribution in [0.25, 0.3) is 0 Å². The predicted octanol–water partition coefficient (Wildman–Crippen LogP) is 2.77. The van der Waals surface area contributed by atoms with Gasteiger partial charge < -0.3 is 9.64 Å².